The minimum Gasteiger partial charge on any atom is -0.493 e. The van der Waals surface area contributed by atoms with Crippen molar-refractivity contribution in [1.29, 1.82) is 0 Å². The Morgan fingerprint density at radius 2 is 1.71 bits per heavy atom. The molecule has 0 saturated carbocycles. The largest absolute Gasteiger partial charge is 0.493 e. The summed E-state index contributed by atoms with van der Waals surface area (Å²) in [5, 5.41) is 3.93. The second-order valence-electron chi connectivity index (χ2n) is 6.22. The maximum Gasteiger partial charge on any atom is 0.220 e. The third kappa shape index (κ3) is 3.18. The van der Waals surface area contributed by atoms with Gasteiger partial charge in [-0.25, -0.2) is 0 Å². The number of rotatable bonds is 5. The van der Waals surface area contributed by atoms with E-state index in [1.165, 1.54) is 20.3 Å². The molecule has 1 aliphatic rings. The van der Waals surface area contributed by atoms with Crippen molar-refractivity contribution < 1.29 is 18.9 Å². The van der Waals surface area contributed by atoms with Gasteiger partial charge >= 0.3 is 0 Å². The van der Waals surface area contributed by atoms with Crippen molar-refractivity contribution in [2.45, 2.75) is 18.9 Å². The van der Waals surface area contributed by atoms with Gasteiger partial charge in [0.2, 0.25) is 11.2 Å². The van der Waals surface area contributed by atoms with E-state index in [2.05, 4.69) is 10.0 Å². The standard InChI is InChI=1S/C20H21N3O5/c1-25-16-8-6-12-13(10-15(16)24)14(22-23-21)7-5-11-9-17(26-2)19(27-3)20(28-4)18(11)12/h6,8-10,14H,5,7H2,1-4H3/t14-/m0/s1. The Balaban J connectivity index is 2.46. The van der Waals surface area contributed by atoms with E-state index in [0.29, 0.717) is 35.7 Å². The third-order valence-electron chi connectivity index (χ3n) is 4.88. The van der Waals surface area contributed by atoms with Gasteiger partial charge in [0.25, 0.3) is 0 Å². The minimum absolute atomic E-state index is 0.203. The first-order chi connectivity index (χ1) is 13.6. The first-order valence-electron chi connectivity index (χ1n) is 8.68. The summed E-state index contributed by atoms with van der Waals surface area (Å²) in [6.07, 6.45) is 1.15. The zero-order chi connectivity index (χ0) is 20.3. The molecule has 28 heavy (non-hydrogen) atoms. The summed E-state index contributed by atoms with van der Waals surface area (Å²) in [5.74, 6) is 1.70. The van der Waals surface area contributed by atoms with Crippen LogP contribution in [0.5, 0.6) is 23.0 Å². The molecule has 0 radical (unpaired) electrons. The fourth-order valence-corrected chi connectivity index (χ4v) is 3.63. The molecule has 0 unspecified atom stereocenters. The Morgan fingerprint density at radius 3 is 2.32 bits per heavy atom. The maximum absolute atomic E-state index is 12.5. The first kappa shape index (κ1) is 19.4. The molecule has 8 nitrogen and oxygen atoms in total. The summed E-state index contributed by atoms with van der Waals surface area (Å²) in [4.78, 5) is 15.5. The second kappa shape index (κ2) is 8.10. The van der Waals surface area contributed by atoms with Crippen molar-refractivity contribution in [2.24, 2.45) is 5.11 Å². The van der Waals surface area contributed by atoms with Gasteiger partial charge in [-0.1, -0.05) is 11.2 Å². The topological polar surface area (TPSA) is 103 Å². The van der Waals surface area contributed by atoms with Gasteiger partial charge in [-0.15, -0.1) is 0 Å². The number of hydrogen-bond acceptors (Lipinski definition) is 6. The molecule has 0 bridgehead atoms. The lowest BCUT2D eigenvalue weighted by Crippen LogP contribution is -2.03. The summed E-state index contributed by atoms with van der Waals surface area (Å²) in [5.41, 5.74) is 11.8. The number of azide groups is 1. The van der Waals surface area contributed by atoms with Crippen molar-refractivity contribution in [3.05, 3.63) is 56.1 Å². The molecule has 1 atom stereocenters. The highest BCUT2D eigenvalue weighted by molar-refractivity contribution is 5.82. The van der Waals surface area contributed by atoms with Crippen molar-refractivity contribution in [1.82, 2.24) is 0 Å². The van der Waals surface area contributed by atoms with E-state index in [1.54, 1.807) is 26.4 Å². The molecular weight excluding hydrogens is 362 g/mol. The molecule has 0 heterocycles. The number of nitrogens with zero attached hydrogens (tertiary/aromatic N) is 3. The second-order valence-corrected chi connectivity index (χ2v) is 6.22. The minimum atomic E-state index is -0.501. The van der Waals surface area contributed by atoms with E-state index < -0.39 is 6.04 Å². The molecule has 0 N–H and O–H groups in total. The van der Waals surface area contributed by atoms with Gasteiger partial charge in [0.15, 0.2) is 17.2 Å². The number of aryl methyl sites for hydroxylation is 1. The summed E-state index contributed by atoms with van der Waals surface area (Å²) in [6.45, 7) is 0. The number of methoxy groups -OCH3 is 4. The highest BCUT2D eigenvalue weighted by Gasteiger charge is 2.28. The van der Waals surface area contributed by atoms with E-state index in [9.17, 15) is 4.79 Å². The molecular formula is C20H21N3O5. The van der Waals surface area contributed by atoms with Gasteiger partial charge < -0.3 is 18.9 Å². The van der Waals surface area contributed by atoms with Gasteiger partial charge in [-0.05, 0) is 53.3 Å². The SMILES string of the molecule is COc1cc2c(c(OC)c1OC)-c1ccc(OC)c(=O)cc1[C@@H](N=[N+]=[N-])CC2. The predicted molar refractivity (Wildman–Crippen MR) is 105 cm³/mol. The van der Waals surface area contributed by atoms with Crippen molar-refractivity contribution >= 4 is 0 Å². The molecule has 0 amide bonds. The highest BCUT2D eigenvalue weighted by atomic mass is 16.5. The molecule has 0 aromatic heterocycles. The summed E-state index contributed by atoms with van der Waals surface area (Å²) in [7, 11) is 6.09. The smallest absolute Gasteiger partial charge is 0.220 e. The molecule has 0 aliphatic heterocycles. The molecule has 3 rings (SSSR count). The van der Waals surface area contributed by atoms with Crippen molar-refractivity contribution in [2.75, 3.05) is 28.4 Å². The van der Waals surface area contributed by atoms with Crippen LogP contribution in [0.2, 0.25) is 0 Å². The van der Waals surface area contributed by atoms with E-state index in [1.807, 2.05) is 6.07 Å². The molecule has 1 aliphatic carbocycles. The molecule has 0 spiro atoms. The maximum atomic E-state index is 12.5. The molecule has 146 valence electrons. The van der Waals surface area contributed by atoms with Crippen molar-refractivity contribution in [3.8, 4) is 34.1 Å². The number of benzene rings is 1. The fraction of sp³-hybridized carbons (Fsp3) is 0.350. The van der Waals surface area contributed by atoms with Crippen molar-refractivity contribution in [3.63, 3.8) is 0 Å². The van der Waals surface area contributed by atoms with Gasteiger partial charge in [-0.3, -0.25) is 4.79 Å². The van der Waals surface area contributed by atoms with Gasteiger partial charge in [0.05, 0.1) is 34.5 Å². The van der Waals surface area contributed by atoms with Crippen LogP contribution in [0.15, 0.2) is 34.2 Å². The Labute approximate surface area is 162 Å². The van der Waals surface area contributed by atoms with Gasteiger partial charge in [0, 0.05) is 10.5 Å². The lowest BCUT2D eigenvalue weighted by Gasteiger charge is -2.19. The van der Waals surface area contributed by atoms with Crippen LogP contribution in [0.1, 0.15) is 23.6 Å². The quantitative estimate of drug-likeness (QED) is 0.440. The van der Waals surface area contributed by atoms with E-state index in [-0.39, 0.29) is 11.2 Å². The Kier molecular flexibility index (Phi) is 5.61. The van der Waals surface area contributed by atoms with Crippen LogP contribution in [0.4, 0.5) is 0 Å². The Morgan fingerprint density at radius 1 is 1.00 bits per heavy atom. The first-order valence-corrected chi connectivity index (χ1v) is 8.68. The van der Waals surface area contributed by atoms with Crippen LogP contribution in [-0.2, 0) is 6.42 Å². The Hall–Kier alpha value is -3.38. The Bertz CT molecular complexity index is 1020. The average molecular weight is 383 g/mol. The van der Waals surface area contributed by atoms with Crippen LogP contribution >= 0.6 is 0 Å². The normalized spacial score (nSPS) is 14.6. The van der Waals surface area contributed by atoms with Gasteiger partial charge in [0.1, 0.15) is 0 Å². The van der Waals surface area contributed by atoms with Crippen LogP contribution in [0.25, 0.3) is 21.6 Å². The molecule has 0 fully saturated rings. The summed E-state index contributed by atoms with van der Waals surface area (Å²) in [6, 6.07) is 6.26. The van der Waals surface area contributed by atoms with Crippen LogP contribution in [0.3, 0.4) is 0 Å². The van der Waals surface area contributed by atoms with E-state index in [4.69, 9.17) is 24.5 Å². The monoisotopic (exact) mass is 383 g/mol. The molecule has 2 aromatic carbocycles. The van der Waals surface area contributed by atoms with Crippen LogP contribution in [0, 0.1) is 0 Å². The average Bonchev–Trinajstić information content (AvgIpc) is 2.95. The third-order valence-corrected chi connectivity index (χ3v) is 4.88. The molecule has 0 saturated heterocycles. The molecule has 2 aromatic rings. The predicted octanol–water partition coefficient (Wildman–Crippen LogP) is 4.05. The fourth-order valence-electron chi connectivity index (χ4n) is 3.63. The highest BCUT2D eigenvalue weighted by Crippen LogP contribution is 2.50. The summed E-state index contributed by atoms with van der Waals surface area (Å²) >= 11 is 0. The van der Waals surface area contributed by atoms with Crippen LogP contribution < -0.4 is 24.4 Å². The number of hydrogen-bond donors (Lipinski definition) is 0. The summed E-state index contributed by atoms with van der Waals surface area (Å²) < 4.78 is 21.9. The van der Waals surface area contributed by atoms with Crippen LogP contribution in [-0.4, -0.2) is 28.4 Å². The number of ether oxygens (including phenoxy) is 4. The van der Waals surface area contributed by atoms with E-state index >= 15 is 0 Å². The van der Waals surface area contributed by atoms with Gasteiger partial charge in [-0.2, -0.15) is 0 Å². The zero-order valence-electron chi connectivity index (χ0n) is 16.2. The molecule has 8 heteroatoms. The van der Waals surface area contributed by atoms with E-state index in [0.717, 1.165) is 16.7 Å². The zero-order valence-corrected chi connectivity index (χ0v) is 16.2. The number of fused-ring (bicyclic) bond motifs is 3. The lowest BCUT2D eigenvalue weighted by molar-refractivity contribution is 0.324. The lowest BCUT2D eigenvalue weighted by atomic mass is 9.95.